The minimum atomic E-state index is -0.365. The van der Waals surface area contributed by atoms with Gasteiger partial charge in [0, 0.05) is 12.5 Å². The van der Waals surface area contributed by atoms with E-state index < -0.39 is 0 Å². The molecule has 1 aliphatic rings. The summed E-state index contributed by atoms with van der Waals surface area (Å²) in [6.07, 6.45) is 2.51. The summed E-state index contributed by atoms with van der Waals surface area (Å²) in [4.78, 5) is 0. The Hall–Kier alpha value is -0.540. The third-order valence-electron chi connectivity index (χ3n) is 2.24. The molecule has 1 fully saturated rings. The number of hydrogen-bond acceptors (Lipinski definition) is 3. The van der Waals surface area contributed by atoms with Gasteiger partial charge in [-0.05, 0) is 18.4 Å². The Labute approximate surface area is 79.8 Å². The van der Waals surface area contributed by atoms with Crippen molar-refractivity contribution in [2.75, 3.05) is 13.7 Å². The Morgan fingerprint density at radius 1 is 1.62 bits per heavy atom. The van der Waals surface area contributed by atoms with Crippen LogP contribution >= 0.6 is 0 Å². The summed E-state index contributed by atoms with van der Waals surface area (Å²) in [5.41, 5.74) is 0. The van der Waals surface area contributed by atoms with Gasteiger partial charge in [-0.2, -0.15) is 0 Å². The average molecular weight is 185 g/mol. The van der Waals surface area contributed by atoms with Gasteiger partial charge in [0.2, 0.25) is 0 Å². The summed E-state index contributed by atoms with van der Waals surface area (Å²) in [6, 6.07) is 0. The van der Waals surface area contributed by atoms with Crippen LogP contribution < -0.4 is 5.32 Å². The number of nitrogens with one attached hydrogen (secondary N) is 1. The normalized spacial score (nSPS) is 29.8. The molecule has 2 unspecified atom stereocenters. The molecule has 0 aromatic carbocycles. The van der Waals surface area contributed by atoms with Gasteiger partial charge >= 0.3 is 0 Å². The van der Waals surface area contributed by atoms with E-state index in [0.717, 1.165) is 18.7 Å². The van der Waals surface area contributed by atoms with Gasteiger partial charge in [0.05, 0.1) is 12.9 Å². The number of hydrogen-bond donors (Lipinski definition) is 2. The molecule has 0 saturated carbocycles. The van der Waals surface area contributed by atoms with Crippen LogP contribution in [0.3, 0.4) is 0 Å². The second-order valence-corrected chi connectivity index (χ2v) is 3.87. The van der Waals surface area contributed by atoms with Crippen LogP contribution in [0.4, 0.5) is 0 Å². The van der Waals surface area contributed by atoms with Crippen molar-refractivity contribution in [3.63, 3.8) is 0 Å². The molecule has 1 saturated heterocycles. The lowest BCUT2D eigenvalue weighted by Gasteiger charge is -2.13. The molecular formula is C10H19NO2. The van der Waals surface area contributed by atoms with Crippen molar-refractivity contribution in [2.24, 2.45) is 11.8 Å². The third-order valence-corrected chi connectivity index (χ3v) is 2.24. The van der Waals surface area contributed by atoms with Gasteiger partial charge in [-0.1, -0.05) is 13.8 Å². The number of aliphatic hydroxyl groups is 1. The summed E-state index contributed by atoms with van der Waals surface area (Å²) in [6.45, 7) is 5.06. The lowest BCUT2D eigenvalue weighted by Crippen LogP contribution is -2.19. The molecule has 1 heterocycles. The van der Waals surface area contributed by atoms with Crippen molar-refractivity contribution < 1.29 is 9.84 Å². The van der Waals surface area contributed by atoms with Crippen LogP contribution in [-0.4, -0.2) is 25.0 Å². The minimum Gasteiger partial charge on any atom is -0.501 e. The molecule has 0 aliphatic carbocycles. The van der Waals surface area contributed by atoms with Gasteiger partial charge in [-0.25, -0.2) is 0 Å². The highest BCUT2D eigenvalue weighted by Gasteiger charge is 2.25. The predicted octanol–water partition coefficient (Wildman–Crippen LogP) is 1.10. The molecule has 0 spiro atoms. The quantitative estimate of drug-likeness (QED) is 0.647. The first-order valence-corrected chi connectivity index (χ1v) is 4.80. The minimum absolute atomic E-state index is 0.336. The smallest absolute Gasteiger partial charge is 0.105 e. The molecule has 2 atom stereocenters. The standard InChI is InChI=1S/C10H19NO2/c1-7(2)4-9(13-3)8-5-10(12)11-6-8/h4,7-8,10-12H,5-6H2,1-3H3. The lowest BCUT2D eigenvalue weighted by molar-refractivity contribution is 0.152. The van der Waals surface area contributed by atoms with Crippen LogP contribution in [0.5, 0.6) is 0 Å². The molecular weight excluding hydrogens is 166 g/mol. The summed E-state index contributed by atoms with van der Waals surface area (Å²) in [5.74, 6) is 1.83. The van der Waals surface area contributed by atoms with Gasteiger partial charge in [0.1, 0.15) is 6.23 Å². The molecule has 3 nitrogen and oxygen atoms in total. The highest BCUT2D eigenvalue weighted by Crippen LogP contribution is 2.22. The predicted molar refractivity (Wildman–Crippen MR) is 52.0 cm³/mol. The SMILES string of the molecule is COC(=CC(C)C)C1CNC(O)C1. The number of ether oxygens (including phenoxy) is 1. The van der Waals surface area contributed by atoms with Gasteiger partial charge in [-0.3, -0.25) is 5.32 Å². The molecule has 0 amide bonds. The van der Waals surface area contributed by atoms with E-state index in [2.05, 4.69) is 25.2 Å². The highest BCUT2D eigenvalue weighted by atomic mass is 16.5. The van der Waals surface area contributed by atoms with Crippen LogP contribution in [0.1, 0.15) is 20.3 Å². The number of rotatable bonds is 3. The second-order valence-electron chi connectivity index (χ2n) is 3.87. The number of allylic oxidation sites excluding steroid dienone is 1. The molecule has 0 radical (unpaired) electrons. The topological polar surface area (TPSA) is 41.5 Å². The van der Waals surface area contributed by atoms with Crippen LogP contribution in [-0.2, 0) is 4.74 Å². The van der Waals surface area contributed by atoms with Crippen LogP contribution in [0.2, 0.25) is 0 Å². The Morgan fingerprint density at radius 3 is 2.69 bits per heavy atom. The van der Waals surface area contributed by atoms with E-state index >= 15 is 0 Å². The Kier molecular flexibility index (Phi) is 3.75. The van der Waals surface area contributed by atoms with Crippen molar-refractivity contribution in [1.29, 1.82) is 0 Å². The van der Waals surface area contributed by atoms with E-state index in [4.69, 9.17) is 4.74 Å². The molecule has 1 aliphatic heterocycles. The number of methoxy groups -OCH3 is 1. The van der Waals surface area contributed by atoms with Crippen molar-refractivity contribution in [3.8, 4) is 0 Å². The zero-order valence-electron chi connectivity index (χ0n) is 8.58. The largest absolute Gasteiger partial charge is 0.501 e. The van der Waals surface area contributed by atoms with Crippen LogP contribution in [0, 0.1) is 11.8 Å². The summed E-state index contributed by atoms with van der Waals surface area (Å²) >= 11 is 0. The van der Waals surface area contributed by atoms with Crippen molar-refractivity contribution in [3.05, 3.63) is 11.8 Å². The maximum atomic E-state index is 9.28. The van der Waals surface area contributed by atoms with E-state index in [-0.39, 0.29) is 6.23 Å². The fraction of sp³-hybridized carbons (Fsp3) is 0.800. The maximum absolute atomic E-state index is 9.28. The fourth-order valence-corrected chi connectivity index (χ4v) is 1.63. The molecule has 0 aromatic rings. The van der Waals surface area contributed by atoms with E-state index in [1.807, 2.05) is 0 Å². The Balaban J connectivity index is 2.57. The van der Waals surface area contributed by atoms with Crippen LogP contribution in [0.15, 0.2) is 11.8 Å². The third kappa shape index (κ3) is 3.01. The van der Waals surface area contributed by atoms with E-state index in [0.29, 0.717) is 11.8 Å². The van der Waals surface area contributed by atoms with Gasteiger partial charge < -0.3 is 9.84 Å². The Bertz CT molecular complexity index is 189. The summed E-state index contributed by atoms with van der Waals surface area (Å²) in [5, 5.41) is 12.3. The van der Waals surface area contributed by atoms with E-state index in [1.54, 1.807) is 7.11 Å². The molecule has 1 rings (SSSR count). The van der Waals surface area contributed by atoms with Crippen LogP contribution in [0.25, 0.3) is 0 Å². The first-order valence-electron chi connectivity index (χ1n) is 4.80. The van der Waals surface area contributed by atoms with Gasteiger partial charge in [0.15, 0.2) is 0 Å². The molecule has 0 bridgehead atoms. The zero-order valence-corrected chi connectivity index (χ0v) is 8.58. The van der Waals surface area contributed by atoms with E-state index in [1.165, 1.54) is 0 Å². The number of aliphatic hydroxyl groups excluding tert-OH is 1. The summed E-state index contributed by atoms with van der Waals surface area (Å²) in [7, 11) is 1.69. The van der Waals surface area contributed by atoms with Crippen molar-refractivity contribution >= 4 is 0 Å². The molecule has 2 N–H and O–H groups in total. The molecule has 3 heteroatoms. The summed E-state index contributed by atoms with van der Waals surface area (Å²) < 4.78 is 5.30. The zero-order chi connectivity index (χ0) is 9.84. The first-order chi connectivity index (χ1) is 6.13. The molecule has 13 heavy (non-hydrogen) atoms. The van der Waals surface area contributed by atoms with Gasteiger partial charge in [-0.15, -0.1) is 0 Å². The molecule has 76 valence electrons. The fourth-order valence-electron chi connectivity index (χ4n) is 1.63. The lowest BCUT2D eigenvalue weighted by atomic mass is 10.0. The molecule has 0 aromatic heterocycles. The van der Waals surface area contributed by atoms with Crippen molar-refractivity contribution in [2.45, 2.75) is 26.5 Å². The Morgan fingerprint density at radius 2 is 2.31 bits per heavy atom. The van der Waals surface area contributed by atoms with E-state index in [9.17, 15) is 5.11 Å². The van der Waals surface area contributed by atoms with Gasteiger partial charge in [0.25, 0.3) is 0 Å². The monoisotopic (exact) mass is 185 g/mol. The highest BCUT2D eigenvalue weighted by molar-refractivity contribution is 5.03. The second kappa shape index (κ2) is 4.63. The van der Waals surface area contributed by atoms with Crippen molar-refractivity contribution in [1.82, 2.24) is 5.32 Å². The first kappa shape index (κ1) is 10.5. The average Bonchev–Trinajstić information content (AvgIpc) is 2.47. The maximum Gasteiger partial charge on any atom is 0.105 e.